The number of aliphatic hydroxyl groups is 1. The van der Waals surface area contributed by atoms with Gasteiger partial charge in [-0.1, -0.05) is 11.6 Å². The Kier molecular flexibility index (Phi) is 6.35. The highest BCUT2D eigenvalue weighted by molar-refractivity contribution is 6.30. The summed E-state index contributed by atoms with van der Waals surface area (Å²) < 4.78 is 22.8. The van der Waals surface area contributed by atoms with Crippen molar-refractivity contribution in [2.24, 2.45) is 0 Å². The van der Waals surface area contributed by atoms with Crippen molar-refractivity contribution in [1.29, 1.82) is 0 Å². The lowest BCUT2D eigenvalue weighted by Crippen LogP contribution is -2.43. The topological polar surface area (TPSA) is 102 Å². The van der Waals surface area contributed by atoms with Crippen molar-refractivity contribution in [2.45, 2.75) is 39.5 Å². The average Bonchev–Trinajstić information content (AvgIpc) is 3.28. The molecule has 35 heavy (non-hydrogen) atoms. The molecule has 11 heteroatoms. The molecule has 5 rings (SSSR count). The number of ether oxygens (including phenoxy) is 1. The van der Waals surface area contributed by atoms with Crippen LogP contribution in [0.5, 0.6) is 0 Å². The van der Waals surface area contributed by atoms with Crippen molar-refractivity contribution in [3.05, 3.63) is 58.4 Å². The monoisotopic (exact) mass is 497 g/mol. The van der Waals surface area contributed by atoms with Crippen LogP contribution in [-0.4, -0.2) is 60.6 Å². The van der Waals surface area contributed by atoms with Crippen LogP contribution in [0.4, 0.5) is 10.3 Å². The molecule has 0 spiro atoms. The molecule has 1 saturated heterocycles. The van der Waals surface area contributed by atoms with Crippen molar-refractivity contribution >= 4 is 28.7 Å². The van der Waals surface area contributed by atoms with Gasteiger partial charge in [-0.05, 0) is 39.0 Å². The zero-order valence-electron chi connectivity index (χ0n) is 19.6. The van der Waals surface area contributed by atoms with Gasteiger partial charge in [0.05, 0.1) is 43.4 Å². The van der Waals surface area contributed by atoms with E-state index < -0.39 is 5.82 Å². The Morgan fingerprint density at radius 1 is 1.14 bits per heavy atom. The maximum absolute atomic E-state index is 15.0. The molecule has 0 aliphatic carbocycles. The normalized spacial score (nSPS) is 18.4. The van der Waals surface area contributed by atoms with Gasteiger partial charge in [0, 0.05) is 28.9 Å². The molecular weight excluding hydrogens is 473 g/mol. The van der Waals surface area contributed by atoms with Crippen molar-refractivity contribution in [1.82, 2.24) is 29.7 Å². The van der Waals surface area contributed by atoms with E-state index in [2.05, 4.69) is 15.1 Å². The van der Waals surface area contributed by atoms with Crippen molar-refractivity contribution in [3.8, 4) is 11.3 Å². The Balaban J connectivity index is 1.59. The van der Waals surface area contributed by atoms with E-state index in [0.29, 0.717) is 47.5 Å². The number of rotatable bonds is 5. The largest absolute Gasteiger partial charge is 0.394 e. The van der Waals surface area contributed by atoms with Crippen LogP contribution in [0.15, 0.2) is 30.6 Å². The number of aromatic nitrogens is 6. The molecule has 0 amide bonds. The first-order valence-electron chi connectivity index (χ1n) is 11.3. The van der Waals surface area contributed by atoms with Crippen molar-refractivity contribution in [2.75, 3.05) is 24.6 Å². The molecule has 0 radical (unpaired) electrons. The number of aryl methyl sites for hydroxylation is 2. The molecule has 0 bridgehead atoms. The number of anilines is 1. The summed E-state index contributed by atoms with van der Waals surface area (Å²) in [5, 5.41) is 13.8. The van der Waals surface area contributed by atoms with Gasteiger partial charge in [-0.2, -0.15) is 10.1 Å². The van der Waals surface area contributed by atoms with E-state index in [0.717, 1.165) is 17.0 Å². The molecule has 9 nitrogen and oxygen atoms in total. The summed E-state index contributed by atoms with van der Waals surface area (Å²) in [5.41, 5.74) is 3.84. The fourth-order valence-electron chi connectivity index (χ4n) is 4.18. The molecule has 1 aliphatic rings. The van der Waals surface area contributed by atoms with Crippen molar-refractivity contribution < 1.29 is 14.2 Å². The van der Waals surface area contributed by atoms with Gasteiger partial charge in [0.2, 0.25) is 5.95 Å². The fourth-order valence-corrected chi connectivity index (χ4v) is 4.34. The summed E-state index contributed by atoms with van der Waals surface area (Å²) >= 11 is 5.99. The first-order chi connectivity index (χ1) is 16.8. The number of fused-ring (bicyclic) bond motifs is 1. The smallest absolute Gasteiger partial charge is 0.228 e. The van der Waals surface area contributed by atoms with E-state index in [1.807, 2.05) is 31.9 Å². The summed E-state index contributed by atoms with van der Waals surface area (Å²) in [7, 11) is 0. The van der Waals surface area contributed by atoms with Gasteiger partial charge in [0.25, 0.3) is 0 Å². The van der Waals surface area contributed by atoms with Crippen LogP contribution in [0.3, 0.4) is 0 Å². The molecule has 4 heterocycles. The number of benzene rings is 1. The Labute approximate surface area is 206 Å². The maximum Gasteiger partial charge on any atom is 0.228 e. The summed E-state index contributed by atoms with van der Waals surface area (Å²) in [6, 6.07) is 4.48. The average molecular weight is 498 g/mol. The highest BCUT2D eigenvalue weighted by Gasteiger charge is 2.30. The van der Waals surface area contributed by atoms with Gasteiger partial charge in [-0.15, -0.1) is 0 Å². The highest BCUT2D eigenvalue weighted by Crippen LogP contribution is 2.32. The standard InChI is InChI=1S/C24H25ClFN7O2/c1-13-10-32(12-20(35-13)16-9-27-33(11-16)6-7-34)24-30-21(18-5-4-17(25)8-19(18)26)22-23(31-24)29-15(3)14(2)28-22/h4-5,8-9,11,13,20,34H,6-7,10,12H2,1-3H3/t13-,20-/m0/s1. The summed E-state index contributed by atoms with van der Waals surface area (Å²) in [4.78, 5) is 20.8. The van der Waals surface area contributed by atoms with Gasteiger partial charge in [0.15, 0.2) is 5.65 Å². The summed E-state index contributed by atoms with van der Waals surface area (Å²) in [5.74, 6) is -0.0738. The lowest BCUT2D eigenvalue weighted by Gasteiger charge is -2.36. The molecular formula is C24H25ClFN7O2. The van der Waals surface area contributed by atoms with Crippen LogP contribution in [0.2, 0.25) is 5.02 Å². The van der Waals surface area contributed by atoms with Gasteiger partial charge in [-0.25, -0.2) is 19.3 Å². The number of hydrogen-bond acceptors (Lipinski definition) is 8. The molecule has 1 aliphatic heterocycles. The highest BCUT2D eigenvalue weighted by atomic mass is 35.5. The minimum absolute atomic E-state index is 0.00403. The Morgan fingerprint density at radius 3 is 2.71 bits per heavy atom. The molecule has 0 unspecified atom stereocenters. The van der Waals surface area contributed by atoms with Crippen LogP contribution >= 0.6 is 11.6 Å². The number of hydrogen-bond donors (Lipinski definition) is 1. The number of nitrogens with zero attached hydrogens (tertiary/aromatic N) is 7. The quantitative estimate of drug-likeness (QED) is 0.446. The lowest BCUT2D eigenvalue weighted by molar-refractivity contribution is -0.0179. The van der Waals surface area contributed by atoms with E-state index in [9.17, 15) is 9.50 Å². The second kappa shape index (κ2) is 9.44. The second-order valence-electron chi connectivity index (χ2n) is 8.66. The maximum atomic E-state index is 15.0. The van der Waals surface area contributed by atoms with Gasteiger partial charge in [-0.3, -0.25) is 4.68 Å². The third-order valence-electron chi connectivity index (χ3n) is 6.01. The van der Waals surface area contributed by atoms with E-state index in [-0.39, 0.29) is 24.4 Å². The SMILES string of the molecule is Cc1nc2nc(N3C[C@@H](c4cnn(CCO)c4)O[C@@H](C)C3)nc(-c3ccc(Cl)cc3F)c2nc1C. The predicted molar refractivity (Wildman–Crippen MR) is 130 cm³/mol. The van der Waals surface area contributed by atoms with E-state index >= 15 is 0 Å². The zero-order chi connectivity index (χ0) is 24.7. The molecule has 182 valence electrons. The molecule has 2 atom stereocenters. The first-order valence-corrected chi connectivity index (χ1v) is 11.7. The number of halogens is 2. The Bertz CT molecular complexity index is 1400. The first kappa shape index (κ1) is 23.5. The minimum atomic E-state index is -0.493. The van der Waals surface area contributed by atoms with Crippen LogP contribution in [0.1, 0.15) is 30.0 Å². The second-order valence-corrected chi connectivity index (χ2v) is 9.10. The van der Waals surface area contributed by atoms with Crippen molar-refractivity contribution in [3.63, 3.8) is 0 Å². The van der Waals surface area contributed by atoms with E-state index in [1.165, 1.54) is 6.07 Å². The Morgan fingerprint density at radius 2 is 1.94 bits per heavy atom. The molecule has 3 aromatic heterocycles. The van der Waals surface area contributed by atoms with Gasteiger partial charge >= 0.3 is 0 Å². The third-order valence-corrected chi connectivity index (χ3v) is 6.25. The predicted octanol–water partition coefficient (Wildman–Crippen LogP) is 3.65. The number of aliphatic hydroxyl groups excluding tert-OH is 1. The molecule has 4 aromatic rings. The van der Waals surface area contributed by atoms with Crippen LogP contribution < -0.4 is 4.90 Å². The molecule has 0 saturated carbocycles. The minimum Gasteiger partial charge on any atom is -0.394 e. The van der Waals surface area contributed by atoms with Gasteiger partial charge in [0.1, 0.15) is 23.1 Å². The fraction of sp³-hybridized carbons (Fsp3) is 0.375. The number of morpholine rings is 1. The summed E-state index contributed by atoms with van der Waals surface area (Å²) in [6.07, 6.45) is 3.22. The lowest BCUT2D eigenvalue weighted by atomic mass is 10.1. The summed E-state index contributed by atoms with van der Waals surface area (Å²) in [6.45, 7) is 7.13. The molecule has 1 fully saturated rings. The van der Waals surface area contributed by atoms with Crippen LogP contribution in [-0.2, 0) is 11.3 Å². The van der Waals surface area contributed by atoms with E-state index in [4.69, 9.17) is 26.3 Å². The van der Waals surface area contributed by atoms with Gasteiger partial charge < -0.3 is 14.7 Å². The third kappa shape index (κ3) is 4.69. The van der Waals surface area contributed by atoms with E-state index in [1.54, 1.807) is 23.0 Å². The molecule has 1 N–H and O–H groups in total. The van der Waals surface area contributed by atoms with Crippen LogP contribution in [0.25, 0.3) is 22.4 Å². The van der Waals surface area contributed by atoms with Crippen LogP contribution in [0, 0.1) is 19.7 Å². The molecule has 1 aromatic carbocycles. The zero-order valence-corrected chi connectivity index (χ0v) is 20.4. The Hall–Kier alpha value is -3.21.